The highest BCUT2D eigenvalue weighted by molar-refractivity contribution is 7.07. The fourth-order valence-electron chi connectivity index (χ4n) is 4.22. The molecule has 0 saturated carbocycles. The average molecular weight is 507 g/mol. The van der Waals surface area contributed by atoms with Gasteiger partial charge in [-0.15, -0.1) is 0 Å². The zero-order valence-corrected chi connectivity index (χ0v) is 22.1. The third-order valence-corrected chi connectivity index (χ3v) is 6.71. The van der Waals surface area contributed by atoms with Crippen LogP contribution in [0.25, 0.3) is 6.08 Å². The van der Waals surface area contributed by atoms with E-state index in [1.807, 2.05) is 57.2 Å². The third-order valence-electron chi connectivity index (χ3n) is 5.72. The molecule has 0 N–H and O–H groups in total. The van der Waals surface area contributed by atoms with Crippen LogP contribution in [-0.4, -0.2) is 30.4 Å². The van der Waals surface area contributed by atoms with Crippen molar-refractivity contribution in [2.75, 3.05) is 13.7 Å². The zero-order valence-electron chi connectivity index (χ0n) is 21.3. The van der Waals surface area contributed by atoms with E-state index in [0.29, 0.717) is 37.7 Å². The second-order valence-corrected chi connectivity index (χ2v) is 9.80. The largest absolute Gasteiger partial charge is 0.493 e. The standard InChI is InChI=1S/C28H30N2O5S/c1-7-34-27(32)24-18(5)29-28-30(26(31)23(36-28)14-19-10-8-9-17(4)13-19)25(24)20-11-12-21(35-16(2)3)22(15-20)33-6/h8-16,25H,7H2,1-6H3/b23-14-/t25-/m0/s1. The first kappa shape index (κ1) is 25.4. The van der Waals surface area contributed by atoms with Crippen molar-refractivity contribution in [3.63, 3.8) is 0 Å². The zero-order chi connectivity index (χ0) is 26.0. The van der Waals surface area contributed by atoms with E-state index in [4.69, 9.17) is 14.2 Å². The van der Waals surface area contributed by atoms with Crippen molar-refractivity contribution in [1.29, 1.82) is 0 Å². The maximum atomic E-state index is 13.7. The fourth-order valence-corrected chi connectivity index (χ4v) is 5.27. The summed E-state index contributed by atoms with van der Waals surface area (Å²) in [7, 11) is 1.56. The molecule has 0 saturated heterocycles. The Balaban J connectivity index is 1.95. The van der Waals surface area contributed by atoms with E-state index >= 15 is 0 Å². The number of allylic oxidation sites excluding steroid dienone is 1. The first-order valence-electron chi connectivity index (χ1n) is 11.8. The van der Waals surface area contributed by atoms with E-state index in [-0.39, 0.29) is 18.3 Å². The number of ether oxygens (including phenoxy) is 3. The quantitative estimate of drug-likeness (QED) is 0.454. The van der Waals surface area contributed by atoms with Gasteiger partial charge in [0.15, 0.2) is 16.3 Å². The number of fused-ring (bicyclic) bond motifs is 1. The highest BCUT2D eigenvalue weighted by Gasteiger charge is 2.34. The van der Waals surface area contributed by atoms with Crippen molar-refractivity contribution >= 4 is 23.4 Å². The summed E-state index contributed by atoms with van der Waals surface area (Å²) in [6, 6.07) is 12.7. The Bertz CT molecular complexity index is 1510. The predicted octanol–water partition coefficient (Wildman–Crippen LogP) is 3.90. The van der Waals surface area contributed by atoms with Gasteiger partial charge >= 0.3 is 5.97 Å². The molecule has 0 unspecified atom stereocenters. The van der Waals surface area contributed by atoms with E-state index in [0.717, 1.165) is 11.1 Å². The molecule has 4 rings (SSSR count). The molecule has 1 atom stereocenters. The summed E-state index contributed by atoms with van der Waals surface area (Å²) in [5.74, 6) is 0.598. The minimum absolute atomic E-state index is 0.0405. The molecular weight excluding hydrogens is 476 g/mol. The monoisotopic (exact) mass is 506 g/mol. The van der Waals surface area contributed by atoms with Crippen LogP contribution in [0, 0.1) is 6.92 Å². The lowest BCUT2D eigenvalue weighted by atomic mass is 9.95. The Morgan fingerprint density at radius 2 is 1.94 bits per heavy atom. The second kappa shape index (κ2) is 10.5. The number of thiazole rings is 1. The van der Waals surface area contributed by atoms with Crippen LogP contribution in [0.15, 0.2) is 63.5 Å². The van der Waals surface area contributed by atoms with Gasteiger partial charge in [-0.25, -0.2) is 9.79 Å². The molecule has 0 radical (unpaired) electrons. The molecular formula is C28H30N2O5S. The Hall–Kier alpha value is -3.65. The summed E-state index contributed by atoms with van der Waals surface area (Å²) >= 11 is 1.30. The molecule has 2 aromatic carbocycles. The smallest absolute Gasteiger partial charge is 0.338 e. The highest BCUT2D eigenvalue weighted by Crippen LogP contribution is 2.36. The van der Waals surface area contributed by atoms with E-state index in [2.05, 4.69) is 4.99 Å². The molecule has 0 aliphatic carbocycles. The van der Waals surface area contributed by atoms with Gasteiger partial charge in [0.2, 0.25) is 0 Å². The van der Waals surface area contributed by atoms with Crippen LogP contribution in [0.1, 0.15) is 50.4 Å². The first-order valence-corrected chi connectivity index (χ1v) is 12.7. The number of nitrogens with zero attached hydrogens (tertiary/aromatic N) is 2. The van der Waals surface area contributed by atoms with Gasteiger partial charge in [0.1, 0.15) is 0 Å². The van der Waals surface area contributed by atoms with Crippen LogP contribution in [-0.2, 0) is 9.53 Å². The number of methoxy groups -OCH3 is 1. The number of esters is 1. The van der Waals surface area contributed by atoms with E-state index in [1.54, 1.807) is 37.7 Å². The molecule has 3 aromatic rings. The maximum Gasteiger partial charge on any atom is 0.338 e. The summed E-state index contributed by atoms with van der Waals surface area (Å²) in [6.07, 6.45) is 1.82. The van der Waals surface area contributed by atoms with Crippen molar-refractivity contribution in [1.82, 2.24) is 4.57 Å². The van der Waals surface area contributed by atoms with Crippen molar-refractivity contribution in [2.45, 2.75) is 46.8 Å². The van der Waals surface area contributed by atoms with E-state index in [1.165, 1.54) is 11.3 Å². The van der Waals surface area contributed by atoms with Crippen molar-refractivity contribution in [3.8, 4) is 11.5 Å². The van der Waals surface area contributed by atoms with Crippen LogP contribution in [0.3, 0.4) is 0 Å². The average Bonchev–Trinajstić information content (AvgIpc) is 3.12. The molecule has 36 heavy (non-hydrogen) atoms. The van der Waals surface area contributed by atoms with Gasteiger partial charge in [0.05, 0.1) is 41.7 Å². The lowest BCUT2D eigenvalue weighted by Crippen LogP contribution is -2.40. The Morgan fingerprint density at radius 3 is 2.61 bits per heavy atom. The van der Waals surface area contributed by atoms with Gasteiger partial charge < -0.3 is 14.2 Å². The second-order valence-electron chi connectivity index (χ2n) is 8.79. The number of carbonyl (C=O) groups excluding carboxylic acids is 1. The van der Waals surface area contributed by atoms with Gasteiger partial charge in [0, 0.05) is 0 Å². The first-order chi connectivity index (χ1) is 17.2. The Labute approximate surface area is 214 Å². The van der Waals surface area contributed by atoms with Gasteiger partial charge in [-0.2, -0.15) is 0 Å². The Kier molecular flexibility index (Phi) is 7.45. The highest BCUT2D eigenvalue weighted by atomic mass is 32.1. The topological polar surface area (TPSA) is 79.1 Å². The number of hydrogen-bond donors (Lipinski definition) is 0. The molecule has 0 bridgehead atoms. The molecule has 2 heterocycles. The van der Waals surface area contributed by atoms with Gasteiger partial charge in [-0.1, -0.05) is 47.2 Å². The predicted molar refractivity (Wildman–Crippen MR) is 140 cm³/mol. The van der Waals surface area contributed by atoms with Crippen molar-refractivity contribution in [2.24, 2.45) is 4.99 Å². The number of rotatable bonds is 7. The number of hydrogen-bond acceptors (Lipinski definition) is 7. The molecule has 0 spiro atoms. The summed E-state index contributed by atoms with van der Waals surface area (Å²) < 4.78 is 18.9. The van der Waals surface area contributed by atoms with E-state index < -0.39 is 12.0 Å². The van der Waals surface area contributed by atoms with Crippen LogP contribution >= 0.6 is 11.3 Å². The van der Waals surface area contributed by atoms with Crippen molar-refractivity contribution < 1.29 is 19.0 Å². The molecule has 0 amide bonds. The molecule has 188 valence electrons. The number of carbonyl (C=O) groups is 1. The summed E-state index contributed by atoms with van der Waals surface area (Å²) in [6.45, 7) is 9.61. The third kappa shape index (κ3) is 4.99. The minimum Gasteiger partial charge on any atom is -0.493 e. The molecule has 0 fully saturated rings. The summed E-state index contributed by atoms with van der Waals surface area (Å²) in [5, 5.41) is 0. The molecule has 8 heteroatoms. The lowest BCUT2D eigenvalue weighted by Gasteiger charge is -2.25. The lowest BCUT2D eigenvalue weighted by molar-refractivity contribution is -0.139. The van der Waals surface area contributed by atoms with Crippen molar-refractivity contribution in [3.05, 3.63) is 90.1 Å². The van der Waals surface area contributed by atoms with E-state index in [9.17, 15) is 9.59 Å². The summed E-state index contributed by atoms with van der Waals surface area (Å²) in [4.78, 5) is 32.0. The van der Waals surface area contributed by atoms with Gasteiger partial charge in [-0.3, -0.25) is 9.36 Å². The number of aryl methyl sites for hydroxylation is 1. The molecule has 1 aromatic heterocycles. The van der Waals surface area contributed by atoms with Gasteiger partial charge in [0.25, 0.3) is 5.56 Å². The normalized spacial score (nSPS) is 15.5. The molecule has 7 nitrogen and oxygen atoms in total. The van der Waals surface area contributed by atoms with Crippen LogP contribution in [0.2, 0.25) is 0 Å². The molecule has 1 aliphatic rings. The maximum absolute atomic E-state index is 13.7. The SMILES string of the molecule is CCOC(=O)C1=C(C)N=c2s/c(=C\c3cccc(C)c3)c(=O)n2[C@H]1c1ccc(OC(C)C)c(OC)c1. The summed E-state index contributed by atoms with van der Waals surface area (Å²) in [5.41, 5.74) is 3.35. The number of benzene rings is 2. The molecule has 1 aliphatic heterocycles. The van der Waals surface area contributed by atoms with Crippen LogP contribution in [0.4, 0.5) is 0 Å². The minimum atomic E-state index is -0.720. The van der Waals surface area contributed by atoms with Gasteiger partial charge in [-0.05, 0) is 64.0 Å². The fraction of sp³-hybridized carbons (Fsp3) is 0.321. The van der Waals surface area contributed by atoms with Crippen LogP contribution in [0.5, 0.6) is 11.5 Å². The van der Waals surface area contributed by atoms with Crippen LogP contribution < -0.4 is 24.4 Å². The Morgan fingerprint density at radius 1 is 1.17 bits per heavy atom. The number of aromatic nitrogens is 1.